The number of anilines is 2. The highest BCUT2D eigenvalue weighted by atomic mass is 16.2. The molecular weight excluding hydrogens is 230 g/mol. The Morgan fingerprint density at radius 1 is 1.39 bits per heavy atom. The van der Waals surface area contributed by atoms with Crippen LogP contribution in [0.1, 0.15) is 6.42 Å². The summed E-state index contributed by atoms with van der Waals surface area (Å²) in [5.74, 6) is -0.371. The molecule has 1 unspecified atom stereocenters. The molecule has 0 radical (unpaired) electrons. The lowest BCUT2D eigenvalue weighted by Gasteiger charge is -2.26. The topological polar surface area (TPSA) is 70.2 Å². The third-order valence-electron chi connectivity index (χ3n) is 2.66. The van der Waals surface area contributed by atoms with E-state index in [0.29, 0.717) is 6.54 Å². The highest BCUT2D eigenvalue weighted by Gasteiger charge is 2.26. The van der Waals surface area contributed by atoms with E-state index >= 15 is 0 Å². The van der Waals surface area contributed by atoms with Crippen molar-refractivity contribution in [3.05, 3.63) is 36.9 Å². The second-order valence-corrected chi connectivity index (χ2v) is 4.03. The Morgan fingerprint density at radius 3 is 2.83 bits per heavy atom. The number of benzene rings is 1. The molecule has 1 atom stereocenters. The zero-order chi connectivity index (χ0) is 13.0. The van der Waals surface area contributed by atoms with Gasteiger partial charge in [-0.05, 0) is 12.1 Å². The third-order valence-corrected chi connectivity index (χ3v) is 2.66. The minimum absolute atomic E-state index is 0.105. The molecule has 1 aromatic rings. The summed E-state index contributed by atoms with van der Waals surface area (Å²) in [4.78, 5) is 23.3. The van der Waals surface area contributed by atoms with E-state index in [1.807, 2.05) is 24.3 Å². The molecule has 1 aromatic carbocycles. The molecule has 0 aromatic heterocycles. The molecule has 0 bridgehead atoms. The normalized spacial score (nSPS) is 17.1. The van der Waals surface area contributed by atoms with Crippen molar-refractivity contribution >= 4 is 23.2 Å². The van der Waals surface area contributed by atoms with Gasteiger partial charge in [-0.15, -0.1) is 6.58 Å². The van der Waals surface area contributed by atoms with Gasteiger partial charge in [0.1, 0.15) is 6.04 Å². The Morgan fingerprint density at radius 2 is 2.11 bits per heavy atom. The first-order chi connectivity index (χ1) is 8.70. The molecule has 0 fully saturated rings. The maximum absolute atomic E-state index is 11.8. The monoisotopic (exact) mass is 245 g/mol. The number of para-hydroxylation sites is 2. The number of hydrogen-bond acceptors (Lipinski definition) is 3. The zero-order valence-electron chi connectivity index (χ0n) is 9.90. The van der Waals surface area contributed by atoms with Gasteiger partial charge in [-0.3, -0.25) is 9.59 Å². The lowest BCUT2D eigenvalue weighted by Crippen LogP contribution is -2.42. The van der Waals surface area contributed by atoms with E-state index in [4.69, 9.17) is 0 Å². The van der Waals surface area contributed by atoms with Crippen LogP contribution in [0.3, 0.4) is 0 Å². The van der Waals surface area contributed by atoms with Crippen LogP contribution in [0.15, 0.2) is 36.9 Å². The Labute approximate surface area is 105 Å². The molecule has 1 aliphatic rings. The number of carbonyl (C=O) groups is 2. The molecule has 3 N–H and O–H groups in total. The van der Waals surface area contributed by atoms with Crippen LogP contribution < -0.4 is 16.0 Å². The van der Waals surface area contributed by atoms with Gasteiger partial charge in [0.05, 0.1) is 17.8 Å². The first kappa shape index (κ1) is 12.2. The lowest BCUT2D eigenvalue weighted by molar-refractivity contribution is -0.124. The number of rotatable bonds is 4. The maximum atomic E-state index is 11.8. The summed E-state index contributed by atoms with van der Waals surface area (Å²) in [5.41, 5.74) is 1.57. The molecule has 5 heteroatoms. The van der Waals surface area contributed by atoms with Crippen LogP contribution in [-0.2, 0) is 9.59 Å². The summed E-state index contributed by atoms with van der Waals surface area (Å²) < 4.78 is 0. The van der Waals surface area contributed by atoms with Gasteiger partial charge >= 0.3 is 0 Å². The van der Waals surface area contributed by atoms with E-state index < -0.39 is 6.04 Å². The molecule has 18 heavy (non-hydrogen) atoms. The predicted octanol–water partition coefficient (Wildman–Crippen LogP) is 1.11. The number of fused-ring (bicyclic) bond motifs is 1. The fraction of sp³-hybridized carbons (Fsp3) is 0.231. The molecular formula is C13H15N3O2. The summed E-state index contributed by atoms with van der Waals surface area (Å²) >= 11 is 0. The Balaban J connectivity index is 2.01. The van der Waals surface area contributed by atoms with Crippen LogP contribution in [0.2, 0.25) is 0 Å². The fourth-order valence-electron chi connectivity index (χ4n) is 1.78. The van der Waals surface area contributed by atoms with Crippen molar-refractivity contribution in [3.8, 4) is 0 Å². The van der Waals surface area contributed by atoms with Crippen molar-refractivity contribution in [2.75, 3.05) is 17.2 Å². The standard InChI is InChI=1S/C13H15N3O2/c1-2-7-14-12(17)8-11-13(18)16-10-6-4-3-5-9(10)15-11/h2-6,11,15H,1,7-8H2,(H,14,17)(H,16,18). The number of carbonyl (C=O) groups excluding carboxylic acids is 2. The largest absolute Gasteiger partial charge is 0.372 e. The first-order valence-corrected chi connectivity index (χ1v) is 5.74. The van der Waals surface area contributed by atoms with Crippen LogP contribution in [0.5, 0.6) is 0 Å². The Bertz CT molecular complexity index is 485. The molecule has 5 nitrogen and oxygen atoms in total. The van der Waals surface area contributed by atoms with E-state index in [1.54, 1.807) is 6.08 Å². The number of amides is 2. The van der Waals surface area contributed by atoms with Gasteiger partial charge in [-0.2, -0.15) is 0 Å². The molecule has 2 amide bonds. The fourth-order valence-corrected chi connectivity index (χ4v) is 1.78. The molecule has 0 spiro atoms. The maximum Gasteiger partial charge on any atom is 0.247 e. The second kappa shape index (κ2) is 5.35. The van der Waals surface area contributed by atoms with Crippen molar-refractivity contribution in [3.63, 3.8) is 0 Å². The van der Waals surface area contributed by atoms with Crippen molar-refractivity contribution in [2.45, 2.75) is 12.5 Å². The number of hydrogen-bond donors (Lipinski definition) is 3. The van der Waals surface area contributed by atoms with Crippen molar-refractivity contribution < 1.29 is 9.59 Å². The zero-order valence-corrected chi connectivity index (χ0v) is 9.90. The van der Waals surface area contributed by atoms with Crippen LogP contribution in [0, 0.1) is 0 Å². The van der Waals surface area contributed by atoms with Crippen LogP contribution in [-0.4, -0.2) is 24.4 Å². The van der Waals surface area contributed by atoms with Crippen molar-refractivity contribution in [1.82, 2.24) is 5.32 Å². The van der Waals surface area contributed by atoms with Gasteiger partial charge in [0, 0.05) is 6.54 Å². The van der Waals surface area contributed by atoms with E-state index in [1.165, 1.54) is 0 Å². The number of nitrogens with one attached hydrogen (secondary N) is 3. The highest BCUT2D eigenvalue weighted by molar-refractivity contribution is 6.04. The van der Waals surface area contributed by atoms with Gasteiger partial charge in [-0.25, -0.2) is 0 Å². The van der Waals surface area contributed by atoms with Crippen LogP contribution >= 0.6 is 0 Å². The van der Waals surface area contributed by atoms with Crippen molar-refractivity contribution in [2.24, 2.45) is 0 Å². The summed E-state index contributed by atoms with van der Waals surface area (Å²) in [6.07, 6.45) is 1.70. The van der Waals surface area contributed by atoms with E-state index in [2.05, 4.69) is 22.5 Å². The summed E-state index contributed by atoms with van der Waals surface area (Å²) in [6.45, 7) is 3.92. The van der Waals surface area contributed by atoms with Crippen LogP contribution in [0.25, 0.3) is 0 Å². The lowest BCUT2D eigenvalue weighted by atomic mass is 10.1. The first-order valence-electron chi connectivity index (χ1n) is 5.74. The van der Waals surface area contributed by atoms with Gasteiger partial charge < -0.3 is 16.0 Å². The third kappa shape index (κ3) is 2.68. The average molecular weight is 245 g/mol. The minimum Gasteiger partial charge on any atom is -0.372 e. The van der Waals surface area contributed by atoms with Gasteiger partial charge in [0.25, 0.3) is 0 Å². The van der Waals surface area contributed by atoms with Gasteiger partial charge in [0.15, 0.2) is 0 Å². The molecule has 1 heterocycles. The quantitative estimate of drug-likeness (QED) is 0.696. The molecule has 0 saturated heterocycles. The van der Waals surface area contributed by atoms with Gasteiger partial charge in [-0.1, -0.05) is 18.2 Å². The molecule has 94 valence electrons. The van der Waals surface area contributed by atoms with Gasteiger partial charge in [0.2, 0.25) is 11.8 Å². The summed E-state index contributed by atoms with van der Waals surface area (Å²) in [6, 6.07) is 6.86. The minimum atomic E-state index is -0.537. The smallest absolute Gasteiger partial charge is 0.247 e. The SMILES string of the molecule is C=CCNC(=O)CC1Nc2ccccc2NC1=O. The molecule has 0 saturated carbocycles. The Hall–Kier alpha value is -2.30. The van der Waals surface area contributed by atoms with Crippen LogP contribution in [0.4, 0.5) is 11.4 Å². The molecule has 0 aliphatic carbocycles. The summed E-state index contributed by atoms with van der Waals surface area (Å²) in [5, 5.41) is 8.47. The second-order valence-electron chi connectivity index (χ2n) is 4.03. The van der Waals surface area contributed by atoms with E-state index in [9.17, 15) is 9.59 Å². The van der Waals surface area contributed by atoms with E-state index in [0.717, 1.165) is 11.4 Å². The van der Waals surface area contributed by atoms with E-state index in [-0.39, 0.29) is 18.2 Å². The highest BCUT2D eigenvalue weighted by Crippen LogP contribution is 2.26. The Kier molecular flexibility index (Phi) is 3.62. The molecule has 2 rings (SSSR count). The van der Waals surface area contributed by atoms with Crippen molar-refractivity contribution in [1.29, 1.82) is 0 Å². The average Bonchev–Trinajstić information content (AvgIpc) is 2.37. The summed E-state index contributed by atoms with van der Waals surface area (Å²) in [7, 11) is 0. The predicted molar refractivity (Wildman–Crippen MR) is 70.3 cm³/mol. The molecule has 1 aliphatic heterocycles.